The maximum absolute atomic E-state index is 12.9. The Balaban J connectivity index is 1.79. The molecule has 1 aliphatic heterocycles. The summed E-state index contributed by atoms with van der Waals surface area (Å²) in [6.07, 6.45) is 7.43. The van der Waals surface area contributed by atoms with Gasteiger partial charge in [0.2, 0.25) is 0 Å². The van der Waals surface area contributed by atoms with Crippen molar-refractivity contribution in [3.8, 4) is 11.5 Å². The number of sulfonamides is 1. The van der Waals surface area contributed by atoms with Gasteiger partial charge in [0.25, 0.3) is 15.9 Å². The van der Waals surface area contributed by atoms with Gasteiger partial charge in [-0.3, -0.25) is 9.69 Å². The molecule has 2 heterocycles. The van der Waals surface area contributed by atoms with E-state index in [0.29, 0.717) is 29.6 Å². The molecule has 1 saturated heterocycles. The predicted octanol–water partition coefficient (Wildman–Crippen LogP) is 5.79. The molecular weight excluding hydrogens is 492 g/mol. The van der Waals surface area contributed by atoms with E-state index in [-0.39, 0.29) is 15.3 Å². The lowest BCUT2D eigenvalue weighted by Crippen LogP contribution is -2.29. The molecule has 1 aromatic heterocycles. The Hall–Kier alpha value is -2.30. The fourth-order valence-corrected chi connectivity index (χ4v) is 6.56. The van der Waals surface area contributed by atoms with Crippen LogP contribution < -0.4 is 9.47 Å². The number of nitrogens with zero attached hydrogens (tertiary/aromatic N) is 2. The Bertz CT molecular complexity index is 1140. The number of amidine groups is 1. The molecule has 3 rings (SSSR count). The Morgan fingerprint density at radius 3 is 2.56 bits per heavy atom. The number of thioether (sulfide) groups is 1. The van der Waals surface area contributed by atoms with E-state index in [0.717, 1.165) is 41.5 Å². The highest BCUT2D eigenvalue weighted by Gasteiger charge is 2.34. The van der Waals surface area contributed by atoms with Crippen LogP contribution in [0.2, 0.25) is 0 Å². The first kappa shape index (κ1) is 26.3. The molecule has 0 spiro atoms. The molecule has 10 heteroatoms. The highest BCUT2D eigenvalue weighted by molar-refractivity contribution is 8.19. The number of unbranched alkanes of at least 4 members (excludes halogenated alkanes) is 4. The number of benzene rings is 1. The van der Waals surface area contributed by atoms with Crippen molar-refractivity contribution < 1.29 is 22.7 Å². The molecule has 1 amide bonds. The van der Waals surface area contributed by atoms with Gasteiger partial charge in [0.15, 0.2) is 16.7 Å². The second kappa shape index (κ2) is 12.4. The first-order chi connectivity index (χ1) is 16.4. The predicted molar refractivity (Wildman–Crippen MR) is 139 cm³/mol. The number of carbonyl (C=O) groups is 1. The average Bonchev–Trinajstić information content (AvgIpc) is 3.45. The van der Waals surface area contributed by atoms with E-state index < -0.39 is 10.0 Å². The second-order valence-corrected chi connectivity index (χ2v) is 11.4. The van der Waals surface area contributed by atoms with Crippen molar-refractivity contribution in [2.75, 3.05) is 20.3 Å². The Morgan fingerprint density at radius 1 is 1.09 bits per heavy atom. The number of ether oxygens (including phenoxy) is 2. The summed E-state index contributed by atoms with van der Waals surface area (Å²) in [6, 6.07) is 8.63. The van der Waals surface area contributed by atoms with Gasteiger partial charge in [-0.1, -0.05) is 44.7 Å². The SMILES string of the molecule is CCCCCCCOc1cc(C=C2SC(=NS(=O)(=O)c3cccs3)N(CC)C2=O)ccc1OC. The molecule has 1 fully saturated rings. The standard InChI is InChI=1S/C24H30N2O5S3/c1-4-6-7-8-9-14-31-20-16-18(12-13-19(20)30-3)17-21-23(27)26(5-2)24(33-21)25-34(28,29)22-11-10-15-32-22/h10-13,15-17H,4-9,14H2,1-3H3. The van der Waals surface area contributed by atoms with E-state index in [4.69, 9.17) is 9.47 Å². The molecule has 1 aromatic carbocycles. The number of amides is 1. The van der Waals surface area contributed by atoms with Gasteiger partial charge >= 0.3 is 0 Å². The van der Waals surface area contributed by atoms with Crippen LogP contribution in [0, 0.1) is 0 Å². The molecule has 34 heavy (non-hydrogen) atoms. The molecule has 0 radical (unpaired) electrons. The van der Waals surface area contributed by atoms with E-state index in [1.807, 2.05) is 12.1 Å². The van der Waals surface area contributed by atoms with Gasteiger partial charge in [-0.15, -0.1) is 15.7 Å². The highest BCUT2D eigenvalue weighted by Crippen LogP contribution is 2.35. The van der Waals surface area contributed by atoms with Gasteiger partial charge in [-0.05, 0) is 60.3 Å². The fraction of sp³-hybridized carbons (Fsp3) is 0.417. The van der Waals surface area contributed by atoms with E-state index in [1.54, 1.807) is 37.6 Å². The number of thiophene rings is 1. The molecule has 0 unspecified atom stereocenters. The van der Waals surface area contributed by atoms with Gasteiger partial charge in [0.1, 0.15) is 4.21 Å². The van der Waals surface area contributed by atoms with E-state index in [1.165, 1.54) is 30.2 Å². The van der Waals surface area contributed by atoms with Crippen LogP contribution in [0.15, 0.2) is 49.2 Å². The third kappa shape index (κ3) is 6.64. The zero-order valence-electron chi connectivity index (χ0n) is 19.7. The molecular formula is C24H30N2O5S3. The largest absolute Gasteiger partial charge is 0.493 e. The lowest BCUT2D eigenvalue weighted by Gasteiger charge is -2.12. The van der Waals surface area contributed by atoms with Crippen molar-refractivity contribution in [3.63, 3.8) is 0 Å². The van der Waals surface area contributed by atoms with E-state index in [9.17, 15) is 13.2 Å². The van der Waals surface area contributed by atoms with E-state index >= 15 is 0 Å². The van der Waals surface area contributed by atoms with Crippen LogP contribution in [0.5, 0.6) is 11.5 Å². The van der Waals surface area contributed by atoms with E-state index in [2.05, 4.69) is 11.3 Å². The number of methoxy groups -OCH3 is 1. The van der Waals surface area contributed by atoms with Gasteiger partial charge < -0.3 is 9.47 Å². The Labute approximate surface area is 209 Å². The topological polar surface area (TPSA) is 85.3 Å². The van der Waals surface area contributed by atoms with Crippen LogP contribution in [-0.4, -0.2) is 44.7 Å². The summed E-state index contributed by atoms with van der Waals surface area (Å²) in [5.74, 6) is 0.965. The quantitative estimate of drug-likeness (QED) is 0.259. The number of likely N-dealkylation sites (N-methyl/N-ethyl adjacent to an activating group) is 1. The minimum absolute atomic E-state index is 0.146. The van der Waals surface area contributed by atoms with Gasteiger partial charge in [-0.2, -0.15) is 8.42 Å². The summed E-state index contributed by atoms with van der Waals surface area (Å²) >= 11 is 2.15. The zero-order chi connectivity index (χ0) is 24.6. The minimum atomic E-state index is -3.87. The van der Waals surface area contributed by atoms with Crippen LogP contribution >= 0.6 is 23.1 Å². The normalized spacial score (nSPS) is 16.6. The van der Waals surface area contributed by atoms with Crippen LogP contribution in [0.25, 0.3) is 6.08 Å². The molecule has 0 N–H and O–H groups in total. The number of carbonyl (C=O) groups excluding carboxylic acids is 1. The summed E-state index contributed by atoms with van der Waals surface area (Å²) < 4.78 is 40.7. The third-order valence-electron chi connectivity index (χ3n) is 5.14. The molecule has 2 aromatic rings. The van der Waals surface area contributed by atoms with Gasteiger partial charge in [0, 0.05) is 6.54 Å². The van der Waals surface area contributed by atoms with Crippen molar-refractivity contribution in [1.29, 1.82) is 0 Å². The molecule has 0 atom stereocenters. The lowest BCUT2D eigenvalue weighted by atomic mass is 10.1. The summed E-state index contributed by atoms with van der Waals surface area (Å²) in [4.78, 5) is 14.7. The minimum Gasteiger partial charge on any atom is -0.493 e. The maximum atomic E-state index is 12.9. The monoisotopic (exact) mass is 522 g/mol. The molecule has 0 saturated carbocycles. The van der Waals surface area contributed by atoms with Gasteiger partial charge in [0.05, 0.1) is 18.6 Å². The smallest absolute Gasteiger partial charge is 0.294 e. The first-order valence-corrected chi connectivity index (χ1v) is 14.4. The van der Waals surface area contributed by atoms with Crippen molar-refractivity contribution in [3.05, 3.63) is 46.2 Å². The summed E-state index contributed by atoms with van der Waals surface area (Å²) in [6.45, 7) is 4.88. The fourth-order valence-electron chi connectivity index (χ4n) is 3.35. The molecule has 0 bridgehead atoms. The summed E-state index contributed by atoms with van der Waals surface area (Å²) in [7, 11) is -2.28. The zero-order valence-corrected chi connectivity index (χ0v) is 22.1. The second-order valence-electron chi connectivity index (χ2n) is 7.61. The van der Waals surface area contributed by atoms with Crippen LogP contribution in [0.3, 0.4) is 0 Å². The lowest BCUT2D eigenvalue weighted by molar-refractivity contribution is -0.122. The van der Waals surface area contributed by atoms with Crippen molar-refractivity contribution in [1.82, 2.24) is 4.90 Å². The van der Waals surface area contributed by atoms with Crippen LogP contribution in [-0.2, 0) is 14.8 Å². The van der Waals surface area contributed by atoms with Crippen molar-refractivity contribution in [2.24, 2.45) is 4.40 Å². The Morgan fingerprint density at radius 2 is 1.88 bits per heavy atom. The molecule has 1 aliphatic rings. The highest BCUT2D eigenvalue weighted by atomic mass is 32.2. The summed E-state index contributed by atoms with van der Waals surface area (Å²) in [5, 5.41) is 1.83. The molecule has 7 nitrogen and oxygen atoms in total. The number of hydrogen-bond acceptors (Lipinski definition) is 7. The van der Waals surface area contributed by atoms with Crippen LogP contribution in [0.4, 0.5) is 0 Å². The molecule has 0 aliphatic carbocycles. The number of rotatable bonds is 12. The third-order valence-corrected chi connectivity index (χ3v) is 8.90. The Kier molecular flexibility index (Phi) is 9.61. The summed E-state index contributed by atoms with van der Waals surface area (Å²) in [5.41, 5.74) is 0.760. The van der Waals surface area contributed by atoms with Crippen molar-refractivity contribution >= 4 is 50.3 Å². The number of hydrogen-bond donors (Lipinski definition) is 0. The van der Waals surface area contributed by atoms with Crippen molar-refractivity contribution in [2.45, 2.75) is 50.2 Å². The van der Waals surface area contributed by atoms with Gasteiger partial charge in [-0.25, -0.2) is 0 Å². The molecule has 184 valence electrons. The van der Waals surface area contributed by atoms with Crippen LogP contribution in [0.1, 0.15) is 51.5 Å². The first-order valence-electron chi connectivity index (χ1n) is 11.3. The maximum Gasteiger partial charge on any atom is 0.294 e. The average molecular weight is 523 g/mol.